The summed E-state index contributed by atoms with van der Waals surface area (Å²) >= 11 is 0. The van der Waals surface area contributed by atoms with Gasteiger partial charge in [0.2, 0.25) is 0 Å². The third-order valence-corrected chi connectivity index (χ3v) is 2.08. The molecule has 0 radical (unpaired) electrons. The molecule has 1 saturated heterocycles. The van der Waals surface area contributed by atoms with Crippen LogP contribution in [0.15, 0.2) is 0 Å². The third kappa shape index (κ3) is 3.65. The molecule has 0 aliphatic carbocycles. The van der Waals surface area contributed by atoms with Crippen molar-refractivity contribution in [2.45, 2.75) is 19.4 Å². The number of ether oxygens (including phenoxy) is 1. The number of carbonyl (C=O) groups excluding carboxylic acids is 2. The van der Waals surface area contributed by atoms with Gasteiger partial charge in [-0.3, -0.25) is 0 Å². The van der Waals surface area contributed by atoms with Crippen molar-refractivity contribution in [3.63, 3.8) is 0 Å². The van der Waals surface area contributed by atoms with Crippen LogP contribution < -0.4 is 10.6 Å². The van der Waals surface area contributed by atoms with Crippen LogP contribution in [-0.2, 0) is 4.74 Å². The normalized spacial score (nSPS) is 20.0. The van der Waals surface area contributed by atoms with Crippen molar-refractivity contribution in [1.82, 2.24) is 15.5 Å². The second kappa shape index (κ2) is 5.43. The zero-order valence-electron chi connectivity index (χ0n) is 9.08. The molecule has 1 fully saturated rings. The van der Waals surface area contributed by atoms with Gasteiger partial charge in [-0.2, -0.15) is 0 Å². The number of rotatable bonds is 4. The molecule has 0 saturated carbocycles. The van der Waals surface area contributed by atoms with Crippen LogP contribution in [0.3, 0.4) is 0 Å². The van der Waals surface area contributed by atoms with Crippen LogP contribution in [0.1, 0.15) is 13.3 Å². The maximum Gasteiger partial charge on any atom is 0.410 e. The minimum absolute atomic E-state index is 0.220. The molecular formula is C9H17N3O3. The maximum absolute atomic E-state index is 11.1. The number of nitrogens with zero attached hydrogens (tertiary/aromatic N) is 1. The molecule has 2 N–H and O–H groups in total. The Bertz CT molecular complexity index is 245. The zero-order valence-corrected chi connectivity index (χ0v) is 9.08. The highest BCUT2D eigenvalue weighted by Gasteiger charge is 2.28. The maximum atomic E-state index is 11.1. The van der Waals surface area contributed by atoms with Crippen LogP contribution in [0, 0.1) is 0 Å². The number of hydrogen-bond donors (Lipinski definition) is 2. The Kier molecular flexibility index (Phi) is 4.20. The van der Waals surface area contributed by atoms with Gasteiger partial charge in [-0.1, -0.05) is 6.92 Å². The Balaban J connectivity index is 2.15. The van der Waals surface area contributed by atoms with Gasteiger partial charge in [-0.05, 0) is 6.42 Å². The fraction of sp³-hybridized carbons (Fsp3) is 0.778. The van der Waals surface area contributed by atoms with Gasteiger partial charge in [-0.25, -0.2) is 9.59 Å². The molecule has 1 rings (SSSR count). The van der Waals surface area contributed by atoms with Gasteiger partial charge < -0.3 is 20.3 Å². The SMILES string of the molecule is CCCNC(=O)NCC1CN(C)C(=O)O1. The van der Waals surface area contributed by atoms with Crippen LogP contribution in [-0.4, -0.2) is 49.8 Å². The summed E-state index contributed by atoms with van der Waals surface area (Å²) < 4.78 is 4.97. The first-order valence-electron chi connectivity index (χ1n) is 5.07. The number of likely N-dealkylation sites (N-methyl/N-ethyl adjacent to an activating group) is 1. The van der Waals surface area contributed by atoms with Gasteiger partial charge >= 0.3 is 12.1 Å². The Hall–Kier alpha value is -1.46. The monoisotopic (exact) mass is 215 g/mol. The molecule has 1 aliphatic heterocycles. The quantitative estimate of drug-likeness (QED) is 0.701. The van der Waals surface area contributed by atoms with E-state index in [1.807, 2.05) is 6.92 Å². The van der Waals surface area contributed by atoms with E-state index in [9.17, 15) is 9.59 Å². The molecule has 1 unspecified atom stereocenters. The molecule has 15 heavy (non-hydrogen) atoms. The summed E-state index contributed by atoms with van der Waals surface area (Å²) in [7, 11) is 1.67. The highest BCUT2D eigenvalue weighted by Crippen LogP contribution is 2.07. The van der Waals surface area contributed by atoms with Crippen molar-refractivity contribution < 1.29 is 14.3 Å². The minimum atomic E-state index is -0.337. The van der Waals surface area contributed by atoms with Crippen molar-refractivity contribution in [1.29, 1.82) is 0 Å². The van der Waals surface area contributed by atoms with Gasteiger partial charge in [-0.15, -0.1) is 0 Å². The van der Waals surface area contributed by atoms with E-state index in [0.29, 0.717) is 19.6 Å². The molecule has 86 valence electrons. The summed E-state index contributed by atoms with van der Waals surface area (Å²) in [6.07, 6.45) is 0.319. The molecule has 1 heterocycles. The lowest BCUT2D eigenvalue weighted by Crippen LogP contribution is -2.40. The van der Waals surface area contributed by atoms with Crippen LogP contribution >= 0.6 is 0 Å². The van der Waals surface area contributed by atoms with Gasteiger partial charge in [0.05, 0.1) is 13.1 Å². The lowest BCUT2D eigenvalue weighted by atomic mass is 10.3. The summed E-state index contributed by atoms with van der Waals surface area (Å²) in [5.74, 6) is 0. The Morgan fingerprint density at radius 1 is 1.60 bits per heavy atom. The molecule has 6 heteroatoms. The average Bonchev–Trinajstić information content (AvgIpc) is 2.52. The summed E-state index contributed by atoms with van der Waals surface area (Å²) in [5, 5.41) is 5.32. The lowest BCUT2D eigenvalue weighted by molar-refractivity contribution is 0.133. The number of hydrogen-bond acceptors (Lipinski definition) is 3. The number of nitrogens with one attached hydrogen (secondary N) is 2. The van der Waals surface area contributed by atoms with E-state index in [4.69, 9.17) is 4.74 Å². The highest BCUT2D eigenvalue weighted by molar-refractivity contribution is 5.74. The van der Waals surface area contributed by atoms with Gasteiger partial charge in [0.1, 0.15) is 6.10 Å². The van der Waals surface area contributed by atoms with Gasteiger partial charge in [0.15, 0.2) is 0 Å². The minimum Gasteiger partial charge on any atom is -0.442 e. The van der Waals surface area contributed by atoms with E-state index >= 15 is 0 Å². The Morgan fingerprint density at radius 2 is 2.33 bits per heavy atom. The molecule has 0 aromatic carbocycles. The Labute approximate surface area is 88.9 Å². The third-order valence-electron chi connectivity index (χ3n) is 2.08. The summed E-state index contributed by atoms with van der Waals surface area (Å²) in [6, 6.07) is -0.220. The second-order valence-electron chi connectivity index (χ2n) is 3.52. The van der Waals surface area contributed by atoms with Crippen LogP contribution in [0.5, 0.6) is 0 Å². The smallest absolute Gasteiger partial charge is 0.410 e. The summed E-state index contributed by atoms with van der Waals surface area (Å²) in [6.45, 7) is 3.50. The molecule has 0 aromatic heterocycles. The summed E-state index contributed by atoms with van der Waals surface area (Å²) in [5.41, 5.74) is 0. The number of urea groups is 1. The molecule has 0 bridgehead atoms. The van der Waals surface area contributed by atoms with Gasteiger partial charge in [0.25, 0.3) is 0 Å². The van der Waals surface area contributed by atoms with Crippen molar-refractivity contribution in [3.8, 4) is 0 Å². The molecule has 6 nitrogen and oxygen atoms in total. The molecule has 0 spiro atoms. The first kappa shape index (κ1) is 11.6. The van der Waals surface area contributed by atoms with Crippen molar-refractivity contribution in [2.75, 3.05) is 26.7 Å². The lowest BCUT2D eigenvalue weighted by Gasteiger charge is -2.10. The Morgan fingerprint density at radius 3 is 2.87 bits per heavy atom. The van der Waals surface area contributed by atoms with E-state index in [1.54, 1.807) is 7.05 Å². The van der Waals surface area contributed by atoms with E-state index in [0.717, 1.165) is 6.42 Å². The van der Waals surface area contributed by atoms with E-state index < -0.39 is 0 Å². The van der Waals surface area contributed by atoms with E-state index in [-0.39, 0.29) is 18.2 Å². The fourth-order valence-corrected chi connectivity index (χ4v) is 1.26. The fourth-order valence-electron chi connectivity index (χ4n) is 1.26. The average molecular weight is 215 g/mol. The van der Waals surface area contributed by atoms with Crippen molar-refractivity contribution in [2.24, 2.45) is 0 Å². The topological polar surface area (TPSA) is 70.7 Å². The summed E-state index contributed by atoms with van der Waals surface area (Å²) in [4.78, 5) is 23.6. The molecule has 1 aliphatic rings. The van der Waals surface area contributed by atoms with E-state index in [1.165, 1.54) is 4.90 Å². The molecular weight excluding hydrogens is 198 g/mol. The molecule has 0 aromatic rings. The second-order valence-corrected chi connectivity index (χ2v) is 3.52. The standard InChI is InChI=1S/C9H17N3O3/c1-3-4-10-8(13)11-5-7-6-12(2)9(14)15-7/h7H,3-6H2,1-2H3,(H2,10,11,13). The highest BCUT2D eigenvalue weighted by atomic mass is 16.6. The zero-order chi connectivity index (χ0) is 11.3. The van der Waals surface area contributed by atoms with Crippen LogP contribution in [0.25, 0.3) is 0 Å². The predicted molar refractivity (Wildman–Crippen MR) is 54.6 cm³/mol. The molecule has 1 atom stereocenters. The van der Waals surface area contributed by atoms with Crippen LogP contribution in [0.4, 0.5) is 9.59 Å². The number of amides is 3. The number of carbonyl (C=O) groups is 2. The van der Waals surface area contributed by atoms with E-state index in [2.05, 4.69) is 10.6 Å². The predicted octanol–water partition coefficient (Wildman–Crippen LogP) is 0.146. The van der Waals surface area contributed by atoms with Crippen molar-refractivity contribution in [3.05, 3.63) is 0 Å². The van der Waals surface area contributed by atoms with Gasteiger partial charge in [0, 0.05) is 13.6 Å². The van der Waals surface area contributed by atoms with Crippen LogP contribution in [0.2, 0.25) is 0 Å². The number of cyclic esters (lactones) is 1. The first-order chi connectivity index (χ1) is 7.13. The first-order valence-corrected chi connectivity index (χ1v) is 5.07. The van der Waals surface area contributed by atoms with Crippen molar-refractivity contribution >= 4 is 12.1 Å². The molecule has 3 amide bonds. The largest absolute Gasteiger partial charge is 0.442 e.